The largest absolute Gasteiger partial charge is 0.300 e. The molecule has 12 heavy (non-hydrogen) atoms. The second-order valence-corrected chi connectivity index (χ2v) is 4.58. The first-order valence-corrected chi connectivity index (χ1v) is 5.67. The summed E-state index contributed by atoms with van der Waals surface area (Å²) in [6.45, 7) is 7.14. The van der Waals surface area contributed by atoms with E-state index >= 15 is 0 Å². The summed E-state index contributed by atoms with van der Waals surface area (Å²) in [6.07, 6.45) is 0. The molecule has 0 aliphatic rings. The monoisotopic (exact) mass is 195 g/mol. The molecule has 0 aliphatic carbocycles. The first kappa shape index (κ1) is 11.9. The minimum Gasteiger partial charge on any atom is -0.300 e. The fraction of sp³-hybridized carbons (Fsp3) is 1.00. The van der Waals surface area contributed by atoms with Crippen molar-refractivity contribution < 1.29 is 13.0 Å². The lowest BCUT2D eigenvalue weighted by Crippen LogP contribution is -2.34. The van der Waals surface area contributed by atoms with Crippen molar-refractivity contribution in [3.63, 3.8) is 0 Å². The molecule has 0 radical (unpaired) electrons. The summed E-state index contributed by atoms with van der Waals surface area (Å²) in [5, 5.41) is 0. The number of nitrogens with zero attached hydrogens (tertiary/aromatic N) is 1. The van der Waals surface area contributed by atoms with Gasteiger partial charge in [0.15, 0.2) is 0 Å². The first-order chi connectivity index (χ1) is 5.37. The van der Waals surface area contributed by atoms with Crippen LogP contribution in [0.5, 0.6) is 0 Å². The van der Waals surface area contributed by atoms with Crippen molar-refractivity contribution in [1.82, 2.24) is 4.90 Å². The Kier molecular flexibility index (Phi) is 4.74. The van der Waals surface area contributed by atoms with Gasteiger partial charge in [-0.05, 0) is 20.4 Å². The highest BCUT2D eigenvalue weighted by molar-refractivity contribution is 7.85. The highest BCUT2D eigenvalue weighted by atomic mass is 32.2. The summed E-state index contributed by atoms with van der Waals surface area (Å²) in [6, 6.07) is 0.316. The zero-order valence-corrected chi connectivity index (χ0v) is 8.63. The summed E-state index contributed by atoms with van der Waals surface area (Å²) in [5.74, 6) is -0.182. The van der Waals surface area contributed by atoms with Crippen LogP contribution in [-0.4, -0.2) is 42.8 Å². The molecule has 0 aromatic carbocycles. The fourth-order valence-corrected chi connectivity index (χ4v) is 1.48. The Labute approximate surface area is 74.3 Å². The number of hydrogen-bond donors (Lipinski definition) is 1. The standard InChI is InChI=1S/C7H17NO3S/c1-4-8(7(2)3)5-6-12(9,10)11/h7H,4-6H2,1-3H3,(H,9,10,11). The zero-order valence-electron chi connectivity index (χ0n) is 7.82. The summed E-state index contributed by atoms with van der Waals surface area (Å²) in [4.78, 5) is 1.98. The van der Waals surface area contributed by atoms with E-state index in [9.17, 15) is 8.42 Å². The van der Waals surface area contributed by atoms with E-state index in [0.29, 0.717) is 12.6 Å². The van der Waals surface area contributed by atoms with Crippen molar-refractivity contribution in [1.29, 1.82) is 0 Å². The maximum Gasteiger partial charge on any atom is 0.266 e. The molecule has 0 aliphatic heterocycles. The molecule has 0 unspecified atom stereocenters. The molecule has 0 fully saturated rings. The van der Waals surface area contributed by atoms with Gasteiger partial charge >= 0.3 is 0 Å². The van der Waals surface area contributed by atoms with Crippen LogP contribution < -0.4 is 0 Å². The van der Waals surface area contributed by atoms with E-state index in [1.54, 1.807) is 0 Å². The average molecular weight is 195 g/mol. The van der Waals surface area contributed by atoms with Crippen molar-refractivity contribution in [3.8, 4) is 0 Å². The predicted octanol–water partition coefficient (Wildman–Crippen LogP) is 0.605. The molecule has 1 N–H and O–H groups in total. The molecule has 0 aromatic rings. The molecule has 0 atom stereocenters. The van der Waals surface area contributed by atoms with Gasteiger partial charge in [-0.15, -0.1) is 0 Å². The van der Waals surface area contributed by atoms with Crippen LogP contribution in [0.4, 0.5) is 0 Å². The predicted molar refractivity (Wildman–Crippen MR) is 48.8 cm³/mol. The lowest BCUT2D eigenvalue weighted by molar-refractivity contribution is 0.246. The molecule has 0 aromatic heterocycles. The summed E-state index contributed by atoms with van der Waals surface area (Å²) >= 11 is 0. The Morgan fingerprint density at radius 1 is 1.42 bits per heavy atom. The fourth-order valence-electron chi connectivity index (χ4n) is 1.01. The SMILES string of the molecule is CCN(CCS(=O)(=O)O)C(C)C. The molecule has 0 bridgehead atoms. The van der Waals surface area contributed by atoms with Crippen molar-refractivity contribution >= 4 is 10.1 Å². The van der Waals surface area contributed by atoms with Gasteiger partial charge < -0.3 is 4.90 Å². The molecule has 0 heterocycles. The van der Waals surface area contributed by atoms with Crippen LogP contribution in [-0.2, 0) is 10.1 Å². The van der Waals surface area contributed by atoms with Crippen molar-refractivity contribution in [2.45, 2.75) is 26.8 Å². The van der Waals surface area contributed by atoms with Gasteiger partial charge in [-0.1, -0.05) is 6.92 Å². The van der Waals surface area contributed by atoms with Crippen LogP contribution in [0.3, 0.4) is 0 Å². The topological polar surface area (TPSA) is 57.6 Å². The van der Waals surface area contributed by atoms with Crippen LogP contribution >= 0.6 is 0 Å². The Morgan fingerprint density at radius 3 is 2.17 bits per heavy atom. The lowest BCUT2D eigenvalue weighted by Gasteiger charge is -2.23. The molecule has 0 spiro atoms. The average Bonchev–Trinajstić information content (AvgIpc) is 1.85. The quantitative estimate of drug-likeness (QED) is 0.653. The van der Waals surface area contributed by atoms with E-state index < -0.39 is 10.1 Å². The molecular formula is C7H17NO3S. The molecule has 5 heteroatoms. The maximum absolute atomic E-state index is 10.4. The normalized spacial score (nSPS) is 12.8. The second-order valence-electron chi connectivity index (χ2n) is 3.01. The minimum absolute atomic E-state index is 0.182. The highest BCUT2D eigenvalue weighted by Gasteiger charge is 2.11. The molecule has 0 amide bonds. The number of rotatable bonds is 5. The smallest absolute Gasteiger partial charge is 0.266 e. The third-order valence-electron chi connectivity index (χ3n) is 1.77. The third-order valence-corrected chi connectivity index (χ3v) is 2.47. The Bertz CT molecular complexity index is 211. The molecular weight excluding hydrogens is 178 g/mol. The van der Waals surface area contributed by atoms with Gasteiger partial charge in [0.25, 0.3) is 10.1 Å². The Hall–Kier alpha value is -0.130. The molecule has 0 saturated heterocycles. The Balaban J connectivity index is 3.90. The summed E-state index contributed by atoms with van der Waals surface area (Å²) < 4.78 is 29.3. The van der Waals surface area contributed by atoms with Crippen molar-refractivity contribution in [2.75, 3.05) is 18.8 Å². The van der Waals surface area contributed by atoms with Crippen molar-refractivity contribution in [3.05, 3.63) is 0 Å². The van der Waals surface area contributed by atoms with E-state index in [4.69, 9.17) is 4.55 Å². The summed E-state index contributed by atoms with van der Waals surface area (Å²) in [5.41, 5.74) is 0. The van der Waals surface area contributed by atoms with Gasteiger partial charge in [-0.3, -0.25) is 4.55 Å². The molecule has 0 saturated carbocycles. The van der Waals surface area contributed by atoms with Crippen LogP contribution in [0, 0.1) is 0 Å². The van der Waals surface area contributed by atoms with Gasteiger partial charge in [0.1, 0.15) is 0 Å². The van der Waals surface area contributed by atoms with Crippen molar-refractivity contribution in [2.24, 2.45) is 0 Å². The second kappa shape index (κ2) is 4.79. The van der Waals surface area contributed by atoms with Gasteiger partial charge in [-0.25, -0.2) is 0 Å². The van der Waals surface area contributed by atoms with E-state index in [-0.39, 0.29) is 5.75 Å². The van der Waals surface area contributed by atoms with Gasteiger partial charge in [0, 0.05) is 12.6 Å². The van der Waals surface area contributed by atoms with E-state index in [1.165, 1.54) is 0 Å². The number of hydrogen-bond acceptors (Lipinski definition) is 3. The van der Waals surface area contributed by atoms with E-state index in [2.05, 4.69) is 0 Å². The Morgan fingerprint density at radius 2 is 1.92 bits per heavy atom. The van der Waals surface area contributed by atoms with Gasteiger partial charge in [0.2, 0.25) is 0 Å². The first-order valence-electron chi connectivity index (χ1n) is 4.06. The van der Waals surface area contributed by atoms with Crippen LogP contribution in [0.25, 0.3) is 0 Å². The van der Waals surface area contributed by atoms with Crippen LogP contribution in [0.15, 0.2) is 0 Å². The lowest BCUT2D eigenvalue weighted by atomic mass is 10.3. The van der Waals surface area contributed by atoms with Gasteiger partial charge in [-0.2, -0.15) is 8.42 Å². The van der Waals surface area contributed by atoms with E-state index in [1.807, 2.05) is 25.7 Å². The minimum atomic E-state index is -3.80. The van der Waals surface area contributed by atoms with Crippen LogP contribution in [0.1, 0.15) is 20.8 Å². The van der Waals surface area contributed by atoms with E-state index in [0.717, 1.165) is 6.54 Å². The maximum atomic E-state index is 10.4. The highest BCUT2D eigenvalue weighted by Crippen LogP contribution is 1.97. The molecule has 74 valence electrons. The molecule has 4 nitrogen and oxygen atoms in total. The van der Waals surface area contributed by atoms with Gasteiger partial charge in [0.05, 0.1) is 5.75 Å². The van der Waals surface area contributed by atoms with Crippen LogP contribution in [0.2, 0.25) is 0 Å². The zero-order chi connectivity index (χ0) is 9.78. The molecule has 0 rings (SSSR count). The summed E-state index contributed by atoms with van der Waals surface area (Å²) in [7, 11) is -3.80. The third kappa shape index (κ3) is 5.51.